The SMILES string of the molecule is C/C=N\N=C(/NN)C(C)C. The Labute approximate surface area is 61.2 Å². The van der Waals surface area contributed by atoms with Crippen molar-refractivity contribution in [3.05, 3.63) is 0 Å². The molecule has 4 nitrogen and oxygen atoms in total. The van der Waals surface area contributed by atoms with Crippen LogP contribution in [0.25, 0.3) is 0 Å². The molecule has 0 aliphatic rings. The van der Waals surface area contributed by atoms with Crippen LogP contribution in [0.2, 0.25) is 0 Å². The van der Waals surface area contributed by atoms with Gasteiger partial charge >= 0.3 is 0 Å². The van der Waals surface area contributed by atoms with Gasteiger partial charge in [0, 0.05) is 12.1 Å². The minimum Gasteiger partial charge on any atom is -0.310 e. The molecule has 0 aliphatic carbocycles. The molecule has 0 heterocycles. The van der Waals surface area contributed by atoms with Gasteiger partial charge in [-0.05, 0) is 6.92 Å². The van der Waals surface area contributed by atoms with E-state index < -0.39 is 0 Å². The highest BCUT2D eigenvalue weighted by molar-refractivity contribution is 5.83. The monoisotopic (exact) mass is 142 g/mol. The second-order valence-electron chi connectivity index (χ2n) is 2.16. The van der Waals surface area contributed by atoms with E-state index in [1.807, 2.05) is 13.8 Å². The number of hydrazine groups is 1. The largest absolute Gasteiger partial charge is 0.310 e. The standard InChI is InChI=1S/C6H14N4/c1-4-8-10-6(9-7)5(2)3/h4-5H,7H2,1-3H3,(H,9,10)/b8-4-. The highest BCUT2D eigenvalue weighted by Gasteiger charge is 2.00. The highest BCUT2D eigenvalue weighted by Crippen LogP contribution is 1.92. The number of hydrogen-bond acceptors (Lipinski definition) is 3. The van der Waals surface area contributed by atoms with Gasteiger partial charge < -0.3 is 5.43 Å². The zero-order chi connectivity index (χ0) is 7.98. The molecule has 0 spiro atoms. The molecule has 0 saturated heterocycles. The van der Waals surface area contributed by atoms with Crippen molar-refractivity contribution < 1.29 is 0 Å². The third kappa shape index (κ3) is 3.19. The Morgan fingerprint density at radius 3 is 2.50 bits per heavy atom. The molecule has 0 aromatic heterocycles. The number of rotatable bonds is 2. The first-order valence-electron chi connectivity index (χ1n) is 3.24. The second-order valence-corrected chi connectivity index (χ2v) is 2.16. The summed E-state index contributed by atoms with van der Waals surface area (Å²) in [7, 11) is 0. The van der Waals surface area contributed by atoms with E-state index >= 15 is 0 Å². The van der Waals surface area contributed by atoms with Crippen LogP contribution in [-0.4, -0.2) is 12.1 Å². The summed E-state index contributed by atoms with van der Waals surface area (Å²) in [5.74, 6) is 6.14. The molecule has 0 radical (unpaired) electrons. The Morgan fingerprint density at radius 2 is 2.20 bits per heavy atom. The van der Waals surface area contributed by atoms with Crippen molar-refractivity contribution in [2.75, 3.05) is 0 Å². The number of nitrogens with two attached hydrogens (primary N) is 1. The first-order chi connectivity index (χ1) is 4.72. The maximum atomic E-state index is 5.16. The quantitative estimate of drug-likeness (QED) is 0.255. The van der Waals surface area contributed by atoms with Gasteiger partial charge in [0.1, 0.15) is 5.84 Å². The van der Waals surface area contributed by atoms with E-state index in [-0.39, 0.29) is 5.92 Å². The zero-order valence-electron chi connectivity index (χ0n) is 6.63. The molecule has 58 valence electrons. The van der Waals surface area contributed by atoms with E-state index in [0.29, 0.717) is 5.84 Å². The smallest absolute Gasteiger partial charge is 0.141 e. The molecule has 0 atom stereocenters. The lowest BCUT2D eigenvalue weighted by Crippen LogP contribution is -2.33. The van der Waals surface area contributed by atoms with Gasteiger partial charge in [-0.3, -0.25) is 0 Å². The van der Waals surface area contributed by atoms with Crippen LogP contribution in [0.5, 0.6) is 0 Å². The van der Waals surface area contributed by atoms with Crippen LogP contribution in [0.1, 0.15) is 20.8 Å². The van der Waals surface area contributed by atoms with E-state index in [0.717, 1.165) is 0 Å². The maximum absolute atomic E-state index is 5.16. The van der Waals surface area contributed by atoms with Gasteiger partial charge in [0.15, 0.2) is 0 Å². The van der Waals surface area contributed by atoms with Gasteiger partial charge in [0.05, 0.1) is 0 Å². The molecule has 4 heteroatoms. The van der Waals surface area contributed by atoms with Gasteiger partial charge in [-0.15, -0.1) is 5.10 Å². The van der Waals surface area contributed by atoms with Crippen molar-refractivity contribution in [2.45, 2.75) is 20.8 Å². The van der Waals surface area contributed by atoms with Crippen molar-refractivity contribution in [1.82, 2.24) is 5.43 Å². The normalized spacial score (nSPS) is 13.1. The van der Waals surface area contributed by atoms with Crippen LogP contribution in [0.4, 0.5) is 0 Å². The molecule has 0 unspecified atom stereocenters. The fraction of sp³-hybridized carbons (Fsp3) is 0.667. The van der Waals surface area contributed by atoms with Gasteiger partial charge in [-0.2, -0.15) is 5.10 Å². The van der Waals surface area contributed by atoms with Gasteiger partial charge in [-0.25, -0.2) is 5.84 Å². The van der Waals surface area contributed by atoms with E-state index in [1.54, 1.807) is 13.1 Å². The summed E-state index contributed by atoms with van der Waals surface area (Å²) in [6, 6.07) is 0. The molecule has 0 fully saturated rings. The van der Waals surface area contributed by atoms with Crippen molar-refractivity contribution in [3.63, 3.8) is 0 Å². The van der Waals surface area contributed by atoms with Crippen molar-refractivity contribution in [2.24, 2.45) is 22.0 Å². The lowest BCUT2D eigenvalue weighted by Gasteiger charge is -2.05. The molecule has 0 rings (SSSR count). The summed E-state index contributed by atoms with van der Waals surface area (Å²) in [6.45, 7) is 5.78. The van der Waals surface area contributed by atoms with Crippen molar-refractivity contribution >= 4 is 12.1 Å². The van der Waals surface area contributed by atoms with Gasteiger partial charge in [0.2, 0.25) is 0 Å². The lowest BCUT2D eigenvalue weighted by molar-refractivity contribution is 0.805. The van der Waals surface area contributed by atoms with E-state index in [9.17, 15) is 0 Å². The van der Waals surface area contributed by atoms with E-state index in [2.05, 4.69) is 15.6 Å². The summed E-state index contributed by atoms with van der Waals surface area (Å²) in [6.07, 6.45) is 1.61. The van der Waals surface area contributed by atoms with Crippen LogP contribution >= 0.6 is 0 Å². The number of nitrogens with one attached hydrogen (secondary N) is 1. The Kier molecular flexibility index (Phi) is 4.49. The zero-order valence-corrected chi connectivity index (χ0v) is 6.63. The lowest BCUT2D eigenvalue weighted by atomic mass is 10.2. The van der Waals surface area contributed by atoms with E-state index in [4.69, 9.17) is 5.84 Å². The Bertz CT molecular complexity index is 137. The Hall–Kier alpha value is -0.900. The van der Waals surface area contributed by atoms with Gasteiger partial charge in [-0.1, -0.05) is 13.8 Å². The fourth-order valence-corrected chi connectivity index (χ4v) is 0.431. The molecule has 0 amide bonds. The van der Waals surface area contributed by atoms with E-state index in [1.165, 1.54) is 0 Å². The molecule has 0 aliphatic heterocycles. The summed E-state index contributed by atoms with van der Waals surface area (Å²) >= 11 is 0. The fourth-order valence-electron chi connectivity index (χ4n) is 0.431. The average Bonchev–Trinajstić information content (AvgIpc) is 1.89. The van der Waals surface area contributed by atoms with Crippen LogP contribution in [0.15, 0.2) is 10.2 Å². The summed E-state index contributed by atoms with van der Waals surface area (Å²) in [5.41, 5.74) is 2.47. The number of nitrogens with zero attached hydrogens (tertiary/aromatic N) is 2. The third-order valence-corrected chi connectivity index (χ3v) is 0.976. The molecule has 0 aromatic carbocycles. The molecule has 0 bridgehead atoms. The van der Waals surface area contributed by atoms with Crippen molar-refractivity contribution in [1.29, 1.82) is 0 Å². The number of amidine groups is 1. The second kappa shape index (κ2) is 4.93. The molecular formula is C6H14N4. The highest BCUT2D eigenvalue weighted by atomic mass is 15.3. The predicted octanol–water partition coefficient (Wildman–Crippen LogP) is 0.510. The third-order valence-electron chi connectivity index (χ3n) is 0.976. The summed E-state index contributed by atoms with van der Waals surface area (Å²) in [5, 5.41) is 7.49. The molecule has 3 N–H and O–H groups in total. The topological polar surface area (TPSA) is 62.8 Å². The molecular weight excluding hydrogens is 128 g/mol. The average molecular weight is 142 g/mol. The molecule has 0 aromatic rings. The minimum absolute atomic E-state index is 0.286. The van der Waals surface area contributed by atoms with Crippen LogP contribution < -0.4 is 11.3 Å². The first kappa shape index (κ1) is 9.10. The maximum Gasteiger partial charge on any atom is 0.141 e. The number of hydrogen-bond donors (Lipinski definition) is 2. The summed E-state index contributed by atoms with van der Waals surface area (Å²) < 4.78 is 0. The summed E-state index contributed by atoms with van der Waals surface area (Å²) in [4.78, 5) is 0. The van der Waals surface area contributed by atoms with Crippen LogP contribution in [-0.2, 0) is 0 Å². The predicted molar refractivity (Wildman–Crippen MR) is 43.8 cm³/mol. The molecule has 10 heavy (non-hydrogen) atoms. The van der Waals surface area contributed by atoms with Crippen molar-refractivity contribution in [3.8, 4) is 0 Å². The minimum atomic E-state index is 0.286. The Morgan fingerprint density at radius 1 is 1.60 bits per heavy atom. The Balaban J connectivity index is 4.04. The molecule has 0 saturated carbocycles. The van der Waals surface area contributed by atoms with Crippen LogP contribution in [0.3, 0.4) is 0 Å². The first-order valence-corrected chi connectivity index (χ1v) is 3.24. The van der Waals surface area contributed by atoms with Gasteiger partial charge in [0.25, 0.3) is 0 Å². The van der Waals surface area contributed by atoms with Crippen LogP contribution in [0, 0.1) is 5.92 Å².